The van der Waals surface area contributed by atoms with Gasteiger partial charge in [0.05, 0.1) is 11.0 Å². The Labute approximate surface area is 142 Å². The van der Waals surface area contributed by atoms with Gasteiger partial charge in [0.1, 0.15) is 5.82 Å². The van der Waals surface area contributed by atoms with Crippen LogP contribution in [0.1, 0.15) is 31.9 Å². The molecule has 24 heavy (non-hydrogen) atoms. The number of H-pyrrole nitrogens is 1. The highest BCUT2D eigenvalue weighted by Crippen LogP contribution is 2.27. The molecule has 0 aliphatic heterocycles. The van der Waals surface area contributed by atoms with E-state index >= 15 is 0 Å². The lowest BCUT2D eigenvalue weighted by Gasteiger charge is -2.25. The second-order valence-corrected chi connectivity index (χ2v) is 6.98. The van der Waals surface area contributed by atoms with Crippen LogP contribution in [-0.4, -0.2) is 22.4 Å². The van der Waals surface area contributed by atoms with Gasteiger partial charge < -0.3 is 10.3 Å². The number of imidazole rings is 1. The molecule has 0 fully saturated rings. The minimum Gasteiger partial charge on any atom is -0.355 e. The molecule has 0 atom stereocenters. The van der Waals surface area contributed by atoms with Crippen LogP contribution in [0.2, 0.25) is 0 Å². The SMILES string of the molecule is CC(=O)NCC(C)(C)c1ccc2nc(-c3ccc(C)cc3)[nH]c2c1. The van der Waals surface area contributed by atoms with Crippen LogP contribution in [0.3, 0.4) is 0 Å². The standard InChI is InChI=1S/C20H23N3O/c1-13-5-7-15(8-6-13)19-22-17-10-9-16(11-18(17)23-19)20(3,4)12-21-14(2)24/h5-11H,12H2,1-4H3,(H,21,24)(H,22,23). The fourth-order valence-electron chi connectivity index (χ4n) is 2.73. The van der Waals surface area contributed by atoms with E-state index in [0.29, 0.717) is 6.54 Å². The maximum atomic E-state index is 11.2. The molecule has 4 nitrogen and oxygen atoms in total. The first-order valence-electron chi connectivity index (χ1n) is 8.17. The molecule has 2 aromatic carbocycles. The van der Waals surface area contributed by atoms with Crippen molar-refractivity contribution in [1.29, 1.82) is 0 Å². The summed E-state index contributed by atoms with van der Waals surface area (Å²) in [6.07, 6.45) is 0. The number of aryl methyl sites for hydroxylation is 1. The summed E-state index contributed by atoms with van der Waals surface area (Å²) in [7, 11) is 0. The molecular formula is C20H23N3O. The van der Waals surface area contributed by atoms with E-state index in [1.165, 1.54) is 11.1 Å². The van der Waals surface area contributed by atoms with E-state index in [-0.39, 0.29) is 11.3 Å². The molecule has 1 heterocycles. The van der Waals surface area contributed by atoms with Crippen LogP contribution < -0.4 is 5.32 Å². The van der Waals surface area contributed by atoms with Crippen LogP contribution >= 0.6 is 0 Å². The van der Waals surface area contributed by atoms with Crippen molar-refractivity contribution in [3.05, 3.63) is 53.6 Å². The number of nitrogens with zero attached hydrogens (tertiary/aromatic N) is 1. The van der Waals surface area contributed by atoms with Gasteiger partial charge in [0.25, 0.3) is 0 Å². The molecule has 0 bridgehead atoms. The minimum absolute atomic E-state index is 0.00708. The van der Waals surface area contributed by atoms with E-state index in [0.717, 1.165) is 22.4 Å². The molecule has 124 valence electrons. The molecule has 3 rings (SSSR count). The monoisotopic (exact) mass is 321 g/mol. The van der Waals surface area contributed by atoms with Crippen LogP contribution in [-0.2, 0) is 10.2 Å². The average Bonchev–Trinajstić information content (AvgIpc) is 2.97. The molecular weight excluding hydrogens is 298 g/mol. The lowest BCUT2D eigenvalue weighted by Crippen LogP contribution is -2.35. The fraction of sp³-hybridized carbons (Fsp3) is 0.300. The molecule has 1 amide bonds. The number of hydrogen-bond acceptors (Lipinski definition) is 2. The van der Waals surface area contributed by atoms with E-state index in [1.54, 1.807) is 6.92 Å². The Hall–Kier alpha value is -2.62. The van der Waals surface area contributed by atoms with Gasteiger partial charge in [-0.2, -0.15) is 0 Å². The Bertz CT molecular complexity index is 876. The number of carbonyl (C=O) groups excluding carboxylic acids is 1. The number of benzene rings is 2. The third-order valence-corrected chi connectivity index (χ3v) is 4.37. The maximum absolute atomic E-state index is 11.2. The zero-order valence-electron chi connectivity index (χ0n) is 14.6. The third kappa shape index (κ3) is 3.32. The van der Waals surface area contributed by atoms with Crippen molar-refractivity contribution in [2.75, 3.05) is 6.54 Å². The van der Waals surface area contributed by atoms with Crippen LogP contribution in [0.4, 0.5) is 0 Å². The van der Waals surface area contributed by atoms with Crippen molar-refractivity contribution in [3.8, 4) is 11.4 Å². The lowest BCUT2D eigenvalue weighted by atomic mass is 9.84. The average molecular weight is 321 g/mol. The second-order valence-electron chi connectivity index (χ2n) is 6.98. The lowest BCUT2D eigenvalue weighted by molar-refractivity contribution is -0.119. The van der Waals surface area contributed by atoms with Crippen LogP contribution in [0.5, 0.6) is 0 Å². The topological polar surface area (TPSA) is 57.8 Å². The number of rotatable bonds is 4. The summed E-state index contributed by atoms with van der Waals surface area (Å²) in [5.74, 6) is 0.870. The Morgan fingerprint density at radius 1 is 1.17 bits per heavy atom. The Morgan fingerprint density at radius 2 is 1.88 bits per heavy atom. The van der Waals surface area contributed by atoms with Crippen LogP contribution in [0.25, 0.3) is 22.4 Å². The zero-order chi connectivity index (χ0) is 17.3. The van der Waals surface area contributed by atoms with E-state index in [2.05, 4.69) is 72.5 Å². The summed E-state index contributed by atoms with van der Waals surface area (Å²) in [5, 5.41) is 2.90. The summed E-state index contributed by atoms with van der Waals surface area (Å²) in [6, 6.07) is 14.6. The molecule has 0 saturated carbocycles. The molecule has 0 spiro atoms. The number of carbonyl (C=O) groups is 1. The number of fused-ring (bicyclic) bond motifs is 1. The smallest absolute Gasteiger partial charge is 0.216 e. The van der Waals surface area contributed by atoms with Gasteiger partial charge in [0.2, 0.25) is 5.91 Å². The van der Waals surface area contributed by atoms with Crippen molar-refractivity contribution in [1.82, 2.24) is 15.3 Å². The van der Waals surface area contributed by atoms with Crippen molar-refractivity contribution in [3.63, 3.8) is 0 Å². The molecule has 0 unspecified atom stereocenters. The quantitative estimate of drug-likeness (QED) is 0.764. The number of amides is 1. The molecule has 1 aromatic heterocycles. The maximum Gasteiger partial charge on any atom is 0.216 e. The first kappa shape index (κ1) is 16.2. The Morgan fingerprint density at radius 3 is 2.54 bits per heavy atom. The predicted molar refractivity (Wildman–Crippen MR) is 98.0 cm³/mol. The first-order valence-corrected chi connectivity index (χ1v) is 8.17. The molecule has 0 aliphatic rings. The number of aromatic nitrogens is 2. The van der Waals surface area contributed by atoms with Crippen molar-refractivity contribution in [2.24, 2.45) is 0 Å². The van der Waals surface area contributed by atoms with Crippen molar-refractivity contribution in [2.45, 2.75) is 33.1 Å². The van der Waals surface area contributed by atoms with Gasteiger partial charge in [-0.15, -0.1) is 0 Å². The van der Waals surface area contributed by atoms with E-state index in [1.807, 2.05) is 6.07 Å². The highest BCUT2D eigenvalue weighted by atomic mass is 16.1. The van der Waals surface area contributed by atoms with Gasteiger partial charge in [-0.05, 0) is 24.6 Å². The van der Waals surface area contributed by atoms with Crippen molar-refractivity contribution < 1.29 is 4.79 Å². The van der Waals surface area contributed by atoms with Gasteiger partial charge in [-0.1, -0.05) is 49.7 Å². The number of aromatic amines is 1. The first-order chi connectivity index (χ1) is 11.3. The van der Waals surface area contributed by atoms with Gasteiger partial charge in [-0.25, -0.2) is 4.98 Å². The Balaban J connectivity index is 1.94. The van der Waals surface area contributed by atoms with Crippen LogP contribution in [0.15, 0.2) is 42.5 Å². The van der Waals surface area contributed by atoms with Gasteiger partial charge in [0.15, 0.2) is 0 Å². The highest BCUT2D eigenvalue weighted by Gasteiger charge is 2.21. The van der Waals surface area contributed by atoms with Gasteiger partial charge in [0, 0.05) is 24.4 Å². The zero-order valence-corrected chi connectivity index (χ0v) is 14.6. The normalized spacial score (nSPS) is 11.7. The third-order valence-electron chi connectivity index (χ3n) is 4.37. The minimum atomic E-state index is -0.144. The summed E-state index contributed by atoms with van der Waals surface area (Å²) in [4.78, 5) is 19.3. The predicted octanol–water partition coefficient (Wildman–Crippen LogP) is 3.95. The molecule has 0 saturated heterocycles. The van der Waals surface area contributed by atoms with E-state index in [9.17, 15) is 4.79 Å². The van der Waals surface area contributed by atoms with E-state index < -0.39 is 0 Å². The summed E-state index contributed by atoms with van der Waals surface area (Å²) >= 11 is 0. The Kier molecular flexibility index (Phi) is 4.14. The molecule has 4 heteroatoms. The number of hydrogen-bond donors (Lipinski definition) is 2. The summed E-state index contributed by atoms with van der Waals surface area (Å²) in [6.45, 7) is 8.48. The van der Waals surface area contributed by atoms with Crippen LogP contribution in [0, 0.1) is 6.92 Å². The largest absolute Gasteiger partial charge is 0.355 e. The summed E-state index contributed by atoms with van der Waals surface area (Å²) < 4.78 is 0. The second kappa shape index (κ2) is 6.11. The number of nitrogens with one attached hydrogen (secondary N) is 2. The van der Waals surface area contributed by atoms with Gasteiger partial charge >= 0.3 is 0 Å². The molecule has 2 N–H and O–H groups in total. The molecule has 0 radical (unpaired) electrons. The molecule has 3 aromatic rings. The fourth-order valence-corrected chi connectivity index (χ4v) is 2.73. The van der Waals surface area contributed by atoms with Gasteiger partial charge in [-0.3, -0.25) is 4.79 Å². The van der Waals surface area contributed by atoms with E-state index in [4.69, 9.17) is 0 Å². The highest BCUT2D eigenvalue weighted by molar-refractivity contribution is 5.80. The van der Waals surface area contributed by atoms with Crippen molar-refractivity contribution >= 4 is 16.9 Å². The molecule has 0 aliphatic carbocycles. The summed E-state index contributed by atoms with van der Waals surface area (Å²) in [5.41, 5.74) is 5.30.